The Morgan fingerprint density at radius 1 is 1.41 bits per heavy atom. The fourth-order valence-corrected chi connectivity index (χ4v) is 4.45. The van der Waals surface area contributed by atoms with Gasteiger partial charge in [-0.1, -0.05) is 0 Å². The van der Waals surface area contributed by atoms with Crippen molar-refractivity contribution < 1.29 is 8.42 Å². The lowest BCUT2D eigenvalue weighted by molar-refractivity contribution is 0.562. The van der Waals surface area contributed by atoms with Gasteiger partial charge in [0.2, 0.25) is 0 Å². The maximum absolute atomic E-state index is 11.5. The quantitative estimate of drug-likeness (QED) is 0.735. The molecule has 1 atom stereocenters. The van der Waals surface area contributed by atoms with Gasteiger partial charge in [-0.3, -0.25) is 0 Å². The van der Waals surface area contributed by atoms with Crippen LogP contribution in [-0.4, -0.2) is 26.0 Å². The Morgan fingerprint density at radius 3 is 2.88 bits per heavy atom. The van der Waals surface area contributed by atoms with Crippen LogP contribution in [0.5, 0.6) is 0 Å². The smallest absolute Gasteiger partial charge is 0.152 e. The molecular weight excluding hydrogens is 417 g/mol. The van der Waals surface area contributed by atoms with Gasteiger partial charge in [-0.25, -0.2) is 8.42 Å². The third kappa shape index (κ3) is 3.82. The second-order valence-electron chi connectivity index (χ2n) is 4.22. The van der Waals surface area contributed by atoms with E-state index in [0.29, 0.717) is 5.75 Å². The zero-order valence-corrected chi connectivity index (χ0v) is 13.7. The van der Waals surface area contributed by atoms with Crippen LogP contribution in [0.15, 0.2) is 22.7 Å². The van der Waals surface area contributed by atoms with Gasteiger partial charge in [-0.05, 0) is 69.6 Å². The van der Waals surface area contributed by atoms with Crippen molar-refractivity contribution in [3.63, 3.8) is 0 Å². The number of benzene rings is 1. The molecule has 3 nitrogen and oxygen atoms in total. The van der Waals surface area contributed by atoms with Crippen LogP contribution in [0, 0.1) is 3.57 Å². The summed E-state index contributed by atoms with van der Waals surface area (Å²) in [4.78, 5) is 0. The largest absolute Gasteiger partial charge is 0.380 e. The molecule has 1 aromatic carbocycles. The lowest BCUT2D eigenvalue weighted by Crippen LogP contribution is -2.34. The van der Waals surface area contributed by atoms with Crippen LogP contribution in [0.2, 0.25) is 0 Å². The Hall–Kier alpha value is 0.180. The van der Waals surface area contributed by atoms with E-state index >= 15 is 0 Å². The SMILES string of the molecule is O=S1(=O)CCCC(Nc2cc(I)ccc2Br)C1. The van der Waals surface area contributed by atoms with E-state index in [2.05, 4.69) is 43.8 Å². The third-order valence-corrected chi connectivity index (χ3v) is 5.93. The summed E-state index contributed by atoms with van der Waals surface area (Å²) < 4.78 is 25.2. The number of sulfone groups is 1. The zero-order chi connectivity index (χ0) is 12.5. The number of rotatable bonds is 2. The zero-order valence-electron chi connectivity index (χ0n) is 9.12. The van der Waals surface area contributed by atoms with Crippen LogP contribution in [0.3, 0.4) is 0 Å². The minimum Gasteiger partial charge on any atom is -0.380 e. The first-order valence-corrected chi connectivity index (χ1v) is 9.07. The maximum Gasteiger partial charge on any atom is 0.152 e. The lowest BCUT2D eigenvalue weighted by Gasteiger charge is -2.24. The topological polar surface area (TPSA) is 46.2 Å². The van der Waals surface area contributed by atoms with E-state index < -0.39 is 9.84 Å². The summed E-state index contributed by atoms with van der Waals surface area (Å²) >= 11 is 5.71. The van der Waals surface area contributed by atoms with Crippen molar-refractivity contribution >= 4 is 54.0 Å². The molecule has 1 heterocycles. The van der Waals surface area contributed by atoms with Crippen LogP contribution in [0.25, 0.3) is 0 Å². The van der Waals surface area contributed by atoms with E-state index in [1.807, 2.05) is 18.2 Å². The molecule has 0 amide bonds. The van der Waals surface area contributed by atoms with Crippen molar-refractivity contribution in [3.05, 3.63) is 26.2 Å². The third-order valence-electron chi connectivity index (χ3n) is 2.75. The van der Waals surface area contributed by atoms with Gasteiger partial charge in [0, 0.05) is 19.8 Å². The van der Waals surface area contributed by atoms with Gasteiger partial charge in [0.05, 0.1) is 11.5 Å². The molecule has 0 spiro atoms. The molecule has 0 aromatic heterocycles. The lowest BCUT2D eigenvalue weighted by atomic mass is 10.2. The van der Waals surface area contributed by atoms with Crippen LogP contribution in [-0.2, 0) is 9.84 Å². The summed E-state index contributed by atoms with van der Waals surface area (Å²) in [6.07, 6.45) is 1.67. The first-order chi connectivity index (χ1) is 7.96. The van der Waals surface area contributed by atoms with Gasteiger partial charge in [0.25, 0.3) is 0 Å². The molecule has 0 radical (unpaired) electrons. The molecule has 1 unspecified atom stereocenters. The minimum atomic E-state index is -2.85. The molecule has 1 aromatic rings. The predicted octanol–water partition coefficient (Wildman–Crippen LogP) is 3.04. The number of anilines is 1. The van der Waals surface area contributed by atoms with E-state index in [-0.39, 0.29) is 11.8 Å². The summed E-state index contributed by atoms with van der Waals surface area (Å²) in [5.74, 6) is 0.573. The molecule has 1 saturated heterocycles. The Balaban J connectivity index is 2.13. The van der Waals surface area contributed by atoms with Gasteiger partial charge in [-0.15, -0.1) is 0 Å². The van der Waals surface area contributed by atoms with Crippen molar-refractivity contribution in [1.82, 2.24) is 0 Å². The Labute approximate surface area is 124 Å². The molecule has 1 N–H and O–H groups in total. The monoisotopic (exact) mass is 429 g/mol. The predicted molar refractivity (Wildman–Crippen MR) is 82.2 cm³/mol. The number of hydrogen-bond acceptors (Lipinski definition) is 3. The first kappa shape index (κ1) is 13.6. The van der Waals surface area contributed by atoms with Crippen LogP contribution in [0.1, 0.15) is 12.8 Å². The summed E-state index contributed by atoms with van der Waals surface area (Å²) in [7, 11) is -2.85. The molecule has 1 aliphatic heterocycles. The molecular formula is C11H13BrINO2S. The van der Waals surface area contributed by atoms with Gasteiger partial charge < -0.3 is 5.32 Å². The fraction of sp³-hybridized carbons (Fsp3) is 0.455. The second kappa shape index (κ2) is 5.44. The molecule has 6 heteroatoms. The first-order valence-electron chi connectivity index (χ1n) is 5.38. The summed E-state index contributed by atoms with van der Waals surface area (Å²) in [5, 5.41) is 3.31. The molecule has 2 rings (SSSR count). The highest BCUT2D eigenvalue weighted by Crippen LogP contribution is 2.26. The van der Waals surface area contributed by atoms with Crippen molar-refractivity contribution in [2.45, 2.75) is 18.9 Å². The second-order valence-corrected chi connectivity index (χ2v) is 8.55. The Bertz CT molecular complexity index is 518. The van der Waals surface area contributed by atoms with E-state index in [9.17, 15) is 8.42 Å². The van der Waals surface area contributed by atoms with Gasteiger partial charge in [-0.2, -0.15) is 0 Å². The van der Waals surface area contributed by atoms with Crippen molar-refractivity contribution in [2.75, 3.05) is 16.8 Å². The van der Waals surface area contributed by atoms with Crippen LogP contribution in [0.4, 0.5) is 5.69 Å². The number of hydrogen-bond donors (Lipinski definition) is 1. The van der Waals surface area contributed by atoms with E-state index in [0.717, 1.165) is 26.6 Å². The molecule has 94 valence electrons. The van der Waals surface area contributed by atoms with Gasteiger partial charge in [0.15, 0.2) is 9.84 Å². The normalized spacial score (nSPS) is 23.3. The van der Waals surface area contributed by atoms with Gasteiger partial charge in [0.1, 0.15) is 0 Å². The fourth-order valence-electron chi connectivity index (χ4n) is 1.96. The van der Waals surface area contributed by atoms with Crippen LogP contribution >= 0.6 is 38.5 Å². The molecule has 1 aliphatic rings. The minimum absolute atomic E-state index is 0.0308. The standard InChI is InChI=1S/C11H13BrINO2S/c12-10-4-3-8(13)6-11(10)14-9-2-1-5-17(15,16)7-9/h3-4,6,9,14H,1-2,5,7H2. The molecule has 0 aliphatic carbocycles. The summed E-state index contributed by atoms with van der Waals surface area (Å²) in [6.45, 7) is 0. The Morgan fingerprint density at radius 2 is 2.18 bits per heavy atom. The van der Waals surface area contributed by atoms with Crippen molar-refractivity contribution in [2.24, 2.45) is 0 Å². The summed E-state index contributed by atoms with van der Waals surface area (Å²) in [6, 6.07) is 6.03. The molecule has 0 saturated carbocycles. The van der Waals surface area contributed by atoms with Crippen molar-refractivity contribution in [3.8, 4) is 0 Å². The van der Waals surface area contributed by atoms with Gasteiger partial charge >= 0.3 is 0 Å². The highest BCUT2D eigenvalue weighted by Gasteiger charge is 2.24. The highest BCUT2D eigenvalue weighted by molar-refractivity contribution is 14.1. The van der Waals surface area contributed by atoms with E-state index in [4.69, 9.17) is 0 Å². The number of nitrogens with one attached hydrogen (secondary N) is 1. The van der Waals surface area contributed by atoms with E-state index in [1.54, 1.807) is 0 Å². The number of halogens is 2. The molecule has 0 bridgehead atoms. The van der Waals surface area contributed by atoms with Crippen LogP contribution < -0.4 is 5.32 Å². The average molecular weight is 430 g/mol. The summed E-state index contributed by atoms with van der Waals surface area (Å²) in [5.41, 5.74) is 0.971. The maximum atomic E-state index is 11.5. The highest BCUT2D eigenvalue weighted by atomic mass is 127. The van der Waals surface area contributed by atoms with E-state index in [1.165, 1.54) is 0 Å². The molecule has 1 fully saturated rings. The Kier molecular flexibility index (Phi) is 4.35. The van der Waals surface area contributed by atoms with Crippen molar-refractivity contribution in [1.29, 1.82) is 0 Å². The molecule has 17 heavy (non-hydrogen) atoms. The average Bonchev–Trinajstić information content (AvgIpc) is 2.22.